The minimum atomic E-state index is -0.201. The second-order valence-electron chi connectivity index (χ2n) is 6.37. The van der Waals surface area contributed by atoms with Gasteiger partial charge in [0.15, 0.2) is 5.82 Å². The number of nitrogens with one attached hydrogen (secondary N) is 1. The zero-order valence-corrected chi connectivity index (χ0v) is 19.1. The number of rotatable bonds is 7. The van der Waals surface area contributed by atoms with E-state index in [4.69, 9.17) is 26.1 Å². The SMILES string of the molecule is COc1cc(NC(=O)CSc2nc(-c3cccs3)nc3ccccc23)c(OC)cc1Cl. The van der Waals surface area contributed by atoms with Gasteiger partial charge in [0.05, 0.1) is 41.1 Å². The van der Waals surface area contributed by atoms with Gasteiger partial charge in [0.1, 0.15) is 16.5 Å². The lowest BCUT2D eigenvalue weighted by molar-refractivity contribution is -0.113. The second kappa shape index (κ2) is 9.55. The fourth-order valence-corrected chi connectivity index (χ4v) is 4.66. The number of hydrogen-bond acceptors (Lipinski definition) is 7. The van der Waals surface area contributed by atoms with Gasteiger partial charge >= 0.3 is 0 Å². The Kier molecular flexibility index (Phi) is 6.60. The van der Waals surface area contributed by atoms with Crippen LogP contribution in [0.2, 0.25) is 5.02 Å². The molecule has 2 aromatic heterocycles. The number of hydrogen-bond donors (Lipinski definition) is 1. The van der Waals surface area contributed by atoms with Gasteiger partial charge in [-0.2, -0.15) is 0 Å². The largest absolute Gasteiger partial charge is 0.495 e. The molecule has 31 heavy (non-hydrogen) atoms. The van der Waals surface area contributed by atoms with E-state index < -0.39 is 0 Å². The van der Waals surface area contributed by atoms with Crippen LogP contribution in [0.5, 0.6) is 11.5 Å². The van der Waals surface area contributed by atoms with Crippen molar-refractivity contribution >= 4 is 57.2 Å². The molecule has 9 heteroatoms. The van der Waals surface area contributed by atoms with Crippen LogP contribution in [-0.4, -0.2) is 35.8 Å². The number of ether oxygens (including phenoxy) is 2. The van der Waals surface area contributed by atoms with E-state index in [1.54, 1.807) is 23.5 Å². The minimum Gasteiger partial charge on any atom is -0.495 e. The van der Waals surface area contributed by atoms with E-state index in [9.17, 15) is 4.79 Å². The molecule has 0 unspecified atom stereocenters. The average Bonchev–Trinajstić information content (AvgIpc) is 3.33. The van der Waals surface area contributed by atoms with Crippen molar-refractivity contribution in [2.24, 2.45) is 0 Å². The van der Waals surface area contributed by atoms with Crippen LogP contribution < -0.4 is 14.8 Å². The molecule has 0 spiro atoms. The predicted molar refractivity (Wildman–Crippen MR) is 127 cm³/mol. The Bertz CT molecular complexity index is 1230. The maximum absolute atomic E-state index is 12.7. The zero-order chi connectivity index (χ0) is 21.8. The van der Waals surface area contributed by atoms with E-state index in [0.717, 1.165) is 20.8 Å². The van der Waals surface area contributed by atoms with Crippen LogP contribution in [0.4, 0.5) is 5.69 Å². The monoisotopic (exact) mass is 471 g/mol. The first-order valence-electron chi connectivity index (χ1n) is 9.24. The highest BCUT2D eigenvalue weighted by Gasteiger charge is 2.15. The average molecular weight is 472 g/mol. The van der Waals surface area contributed by atoms with Crippen LogP contribution in [-0.2, 0) is 4.79 Å². The minimum absolute atomic E-state index is 0.166. The molecule has 0 radical (unpaired) electrons. The molecule has 0 atom stereocenters. The summed E-state index contributed by atoms with van der Waals surface area (Å²) in [5.74, 6) is 1.53. The molecular formula is C22H18ClN3O3S2. The van der Waals surface area contributed by atoms with E-state index in [0.29, 0.717) is 28.0 Å². The summed E-state index contributed by atoms with van der Waals surface area (Å²) in [5, 5.41) is 6.91. The summed E-state index contributed by atoms with van der Waals surface area (Å²) in [6, 6.07) is 15.0. The molecule has 0 fully saturated rings. The molecule has 6 nitrogen and oxygen atoms in total. The van der Waals surface area contributed by atoms with Gasteiger partial charge in [0.25, 0.3) is 0 Å². The van der Waals surface area contributed by atoms with Crippen LogP contribution in [0, 0.1) is 0 Å². The summed E-state index contributed by atoms with van der Waals surface area (Å²) >= 11 is 9.07. The highest BCUT2D eigenvalue weighted by molar-refractivity contribution is 8.00. The van der Waals surface area contributed by atoms with Gasteiger partial charge in [-0.15, -0.1) is 11.3 Å². The quantitative estimate of drug-likeness (QED) is 0.273. The molecule has 0 aliphatic carbocycles. The van der Waals surface area contributed by atoms with Gasteiger partial charge in [-0.25, -0.2) is 9.97 Å². The maximum atomic E-state index is 12.7. The fraction of sp³-hybridized carbons (Fsp3) is 0.136. The Morgan fingerprint density at radius 2 is 1.90 bits per heavy atom. The van der Waals surface area contributed by atoms with Crippen molar-refractivity contribution in [2.45, 2.75) is 5.03 Å². The first-order chi connectivity index (χ1) is 15.1. The Balaban J connectivity index is 1.56. The third-order valence-electron chi connectivity index (χ3n) is 4.40. The van der Waals surface area contributed by atoms with Gasteiger partial charge in [-0.05, 0) is 17.5 Å². The van der Waals surface area contributed by atoms with Gasteiger partial charge in [0, 0.05) is 17.5 Å². The van der Waals surface area contributed by atoms with Gasteiger partial charge in [0.2, 0.25) is 5.91 Å². The Hall–Kier alpha value is -2.81. The van der Waals surface area contributed by atoms with Gasteiger partial charge < -0.3 is 14.8 Å². The van der Waals surface area contributed by atoms with E-state index in [2.05, 4.69) is 10.3 Å². The molecule has 4 aromatic rings. The van der Waals surface area contributed by atoms with E-state index in [1.165, 1.54) is 26.0 Å². The molecule has 158 valence electrons. The predicted octanol–water partition coefficient (Wildman–Crippen LogP) is 5.76. The number of thiophene rings is 1. The molecule has 2 aromatic carbocycles. The van der Waals surface area contributed by atoms with Crippen molar-refractivity contribution in [1.82, 2.24) is 9.97 Å². The molecule has 0 aliphatic heterocycles. The van der Waals surface area contributed by atoms with Gasteiger partial charge in [-0.3, -0.25) is 4.79 Å². The molecule has 1 amide bonds. The topological polar surface area (TPSA) is 73.3 Å². The Morgan fingerprint density at radius 1 is 1.10 bits per heavy atom. The second-order valence-corrected chi connectivity index (χ2v) is 8.69. The summed E-state index contributed by atoms with van der Waals surface area (Å²) in [4.78, 5) is 23.0. The number of fused-ring (bicyclic) bond motifs is 1. The number of halogens is 1. The standard InChI is InChI=1S/C22H18ClN3O3S2/c1-28-17-11-16(18(29-2)10-14(17)23)24-20(27)12-31-22-13-6-3-4-7-15(13)25-21(26-22)19-8-5-9-30-19/h3-11H,12H2,1-2H3,(H,24,27). The van der Waals surface area contributed by atoms with Crippen molar-refractivity contribution in [3.8, 4) is 22.2 Å². The van der Waals surface area contributed by atoms with E-state index in [1.807, 2.05) is 41.8 Å². The summed E-state index contributed by atoms with van der Waals surface area (Å²) in [6.45, 7) is 0. The molecule has 4 rings (SSSR count). The number of thioether (sulfide) groups is 1. The van der Waals surface area contributed by atoms with Crippen molar-refractivity contribution in [1.29, 1.82) is 0 Å². The van der Waals surface area contributed by atoms with Crippen molar-refractivity contribution < 1.29 is 14.3 Å². The fourth-order valence-electron chi connectivity index (χ4n) is 2.95. The number of carbonyl (C=O) groups excluding carboxylic acids is 1. The number of nitrogens with zero attached hydrogens (tertiary/aromatic N) is 2. The number of aromatic nitrogens is 2. The van der Waals surface area contributed by atoms with Crippen molar-refractivity contribution in [3.05, 3.63) is 58.9 Å². The first-order valence-corrected chi connectivity index (χ1v) is 11.5. The maximum Gasteiger partial charge on any atom is 0.234 e. The van der Waals surface area contributed by atoms with E-state index >= 15 is 0 Å². The Labute approximate surface area is 192 Å². The highest BCUT2D eigenvalue weighted by Crippen LogP contribution is 2.36. The molecule has 2 heterocycles. The summed E-state index contributed by atoms with van der Waals surface area (Å²) in [6.07, 6.45) is 0. The number of carbonyl (C=O) groups is 1. The van der Waals surface area contributed by atoms with Crippen LogP contribution in [0.3, 0.4) is 0 Å². The lowest BCUT2D eigenvalue weighted by Crippen LogP contribution is -2.15. The van der Waals surface area contributed by atoms with Crippen LogP contribution in [0.1, 0.15) is 0 Å². The van der Waals surface area contributed by atoms with E-state index in [-0.39, 0.29) is 11.7 Å². The molecule has 1 N–H and O–H groups in total. The Morgan fingerprint density at radius 3 is 2.65 bits per heavy atom. The number of benzene rings is 2. The number of anilines is 1. The number of amides is 1. The summed E-state index contributed by atoms with van der Waals surface area (Å²) in [7, 11) is 3.03. The van der Waals surface area contributed by atoms with Crippen LogP contribution in [0.25, 0.3) is 21.6 Å². The van der Waals surface area contributed by atoms with Crippen molar-refractivity contribution in [3.63, 3.8) is 0 Å². The van der Waals surface area contributed by atoms with Crippen LogP contribution in [0.15, 0.2) is 58.9 Å². The lowest BCUT2D eigenvalue weighted by Gasteiger charge is -2.13. The number of para-hydroxylation sites is 1. The lowest BCUT2D eigenvalue weighted by atomic mass is 10.2. The smallest absolute Gasteiger partial charge is 0.234 e. The third-order valence-corrected chi connectivity index (χ3v) is 6.55. The molecule has 0 aliphatic rings. The molecule has 0 bridgehead atoms. The third kappa shape index (κ3) is 4.76. The normalized spacial score (nSPS) is 10.8. The van der Waals surface area contributed by atoms with Gasteiger partial charge in [-0.1, -0.05) is 47.6 Å². The highest BCUT2D eigenvalue weighted by atomic mass is 35.5. The van der Waals surface area contributed by atoms with Crippen LogP contribution >= 0.6 is 34.7 Å². The summed E-state index contributed by atoms with van der Waals surface area (Å²) in [5.41, 5.74) is 1.33. The summed E-state index contributed by atoms with van der Waals surface area (Å²) < 4.78 is 10.6. The molecule has 0 saturated carbocycles. The molecular weight excluding hydrogens is 454 g/mol. The first kappa shape index (κ1) is 21.4. The molecule has 0 saturated heterocycles. The number of methoxy groups -OCH3 is 2. The zero-order valence-electron chi connectivity index (χ0n) is 16.7. The van der Waals surface area contributed by atoms with Crippen molar-refractivity contribution in [2.75, 3.05) is 25.3 Å².